The van der Waals surface area contributed by atoms with Crippen molar-refractivity contribution in [2.45, 2.75) is 6.42 Å². The molecule has 2 nitrogen and oxygen atoms in total. The number of nitrogens with one attached hydrogen (secondary N) is 1. The van der Waals surface area contributed by atoms with Crippen LogP contribution in [0.4, 0.5) is 4.39 Å². The lowest BCUT2D eigenvalue weighted by atomic mass is 10.4. The second-order valence-corrected chi connectivity index (χ2v) is 1.74. The zero-order valence-corrected chi connectivity index (χ0v) is 5.69. The van der Waals surface area contributed by atoms with Crippen LogP contribution < -0.4 is 5.32 Å². The number of hydrogen-bond acceptors (Lipinski definition) is 1. The minimum absolute atomic E-state index is 0.408. The molecule has 0 aliphatic heterocycles. The standard InChI is InChI=1S/C7H10FNO/c1-3-4-5-9-7(10)6(2)8/h3H,1-2,4-5H2,(H,9,10). The number of hydrogen-bond donors (Lipinski definition) is 1. The first-order valence-corrected chi connectivity index (χ1v) is 2.92. The fourth-order valence-electron chi connectivity index (χ4n) is 0.384. The molecule has 0 aliphatic rings. The van der Waals surface area contributed by atoms with Crippen molar-refractivity contribution in [2.75, 3.05) is 6.54 Å². The highest BCUT2D eigenvalue weighted by Gasteiger charge is 2.01. The molecule has 0 aromatic heterocycles. The highest BCUT2D eigenvalue weighted by Crippen LogP contribution is 1.89. The number of rotatable bonds is 4. The highest BCUT2D eigenvalue weighted by molar-refractivity contribution is 5.90. The number of carbonyl (C=O) groups excluding carboxylic acids is 1. The molecule has 0 aromatic carbocycles. The van der Waals surface area contributed by atoms with Crippen LogP contribution in [-0.4, -0.2) is 12.5 Å². The van der Waals surface area contributed by atoms with Gasteiger partial charge in [0.15, 0.2) is 5.83 Å². The zero-order chi connectivity index (χ0) is 7.98. The monoisotopic (exact) mass is 143 g/mol. The summed E-state index contributed by atoms with van der Waals surface area (Å²) >= 11 is 0. The Morgan fingerprint density at radius 3 is 2.70 bits per heavy atom. The first kappa shape index (κ1) is 8.88. The van der Waals surface area contributed by atoms with Gasteiger partial charge in [-0.3, -0.25) is 4.79 Å². The van der Waals surface area contributed by atoms with Gasteiger partial charge in [0.25, 0.3) is 5.91 Å². The molecule has 0 radical (unpaired) electrons. The van der Waals surface area contributed by atoms with E-state index in [1.807, 2.05) is 0 Å². The predicted molar refractivity (Wildman–Crippen MR) is 38.1 cm³/mol. The van der Waals surface area contributed by atoms with Crippen molar-refractivity contribution in [1.29, 1.82) is 0 Å². The molecule has 0 heterocycles. The molecule has 0 rings (SSSR count). The van der Waals surface area contributed by atoms with Crippen LogP contribution in [0.2, 0.25) is 0 Å². The van der Waals surface area contributed by atoms with Gasteiger partial charge in [-0.15, -0.1) is 6.58 Å². The van der Waals surface area contributed by atoms with Crippen LogP contribution in [0, 0.1) is 0 Å². The molecule has 0 unspecified atom stereocenters. The van der Waals surface area contributed by atoms with Crippen LogP contribution in [0.1, 0.15) is 6.42 Å². The highest BCUT2D eigenvalue weighted by atomic mass is 19.1. The van der Waals surface area contributed by atoms with Gasteiger partial charge in [-0.25, -0.2) is 4.39 Å². The molecule has 0 fully saturated rings. The molecule has 1 N–H and O–H groups in total. The molecule has 0 saturated carbocycles. The van der Waals surface area contributed by atoms with Crippen molar-refractivity contribution in [3.63, 3.8) is 0 Å². The molecular formula is C7H10FNO. The van der Waals surface area contributed by atoms with Crippen LogP contribution in [0.25, 0.3) is 0 Å². The lowest BCUT2D eigenvalue weighted by Crippen LogP contribution is -2.23. The van der Waals surface area contributed by atoms with Crippen molar-refractivity contribution < 1.29 is 9.18 Å². The molecule has 0 bridgehead atoms. The average molecular weight is 143 g/mol. The molecule has 0 aromatic rings. The van der Waals surface area contributed by atoms with E-state index in [9.17, 15) is 9.18 Å². The van der Waals surface area contributed by atoms with Gasteiger partial charge < -0.3 is 5.32 Å². The Balaban J connectivity index is 3.40. The minimum atomic E-state index is -0.955. The summed E-state index contributed by atoms with van der Waals surface area (Å²) in [6.45, 7) is 6.67. The fraction of sp³-hybridized carbons (Fsp3) is 0.286. The van der Waals surface area contributed by atoms with Crippen molar-refractivity contribution in [3.8, 4) is 0 Å². The number of amides is 1. The molecule has 0 atom stereocenters. The fourth-order valence-corrected chi connectivity index (χ4v) is 0.384. The second kappa shape index (κ2) is 4.73. The molecule has 10 heavy (non-hydrogen) atoms. The number of carbonyl (C=O) groups is 1. The lowest BCUT2D eigenvalue weighted by molar-refractivity contribution is -0.118. The van der Waals surface area contributed by atoms with Gasteiger partial charge in [-0.1, -0.05) is 12.7 Å². The van der Waals surface area contributed by atoms with E-state index in [-0.39, 0.29) is 0 Å². The van der Waals surface area contributed by atoms with Crippen LogP contribution in [0.15, 0.2) is 25.1 Å². The molecule has 0 spiro atoms. The quantitative estimate of drug-likeness (QED) is 0.357. The molecule has 3 heteroatoms. The normalized spacial score (nSPS) is 8.50. The summed E-state index contributed by atoms with van der Waals surface area (Å²) in [7, 11) is 0. The van der Waals surface area contributed by atoms with Crippen LogP contribution >= 0.6 is 0 Å². The van der Waals surface area contributed by atoms with E-state index in [1.165, 1.54) is 0 Å². The third kappa shape index (κ3) is 3.83. The van der Waals surface area contributed by atoms with Crippen molar-refractivity contribution in [3.05, 3.63) is 25.1 Å². The number of halogens is 1. The van der Waals surface area contributed by atoms with Gasteiger partial charge >= 0.3 is 0 Å². The van der Waals surface area contributed by atoms with Gasteiger partial charge in [0.1, 0.15) is 0 Å². The lowest BCUT2D eigenvalue weighted by Gasteiger charge is -1.97. The zero-order valence-electron chi connectivity index (χ0n) is 5.69. The largest absolute Gasteiger partial charge is 0.350 e. The maximum atomic E-state index is 11.9. The van der Waals surface area contributed by atoms with E-state index in [1.54, 1.807) is 6.08 Å². The molecule has 0 saturated heterocycles. The van der Waals surface area contributed by atoms with Crippen LogP contribution in [0.3, 0.4) is 0 Å². The van der Waals surface area contributed by atoms with E-state index in [0.717, 1.165) is 0 Å². The van der Waals surface area contributed by atoms with E-state index < -0.39 is 11.7 Å². The Morgan fingerprint density at radius 2 is 2.30 bits per heavy atom. The summed E-state index contributed by atoms with van der Waals surface area (Å²) in [5, 5.41) is 2.30. The summed E-state index contributed by atoms with van der Waals surface area (Å²) in [5.74, 6) is -1.70. The Hall–Kier alpha value is -1.12. The van der Waals surface area contributed by atoms with E-state index in [0.29, 0.717) is 13.0 Å². The smallest absolute Gasteiger partial charge is 0.279 e. The summed E-state index contributed by atoms with van der Waals surface area (Å²) in [4.78, 5) is 10.4. The molecule has 0 aliphatic carbocycles. The summed E-state index contributed by atoms with van der Waals surface area (Å²) < 4.78 is 11.9. The summed E-state index contributed by atoms with van der Waals surface area (Å²) in [6, 6.07) is 0. The van der Waals surface area contributed by atoms with Gasteiger partial charge in [-0.05, 0) is 6.42 Å². The Morgan fingerprint density at radius 1 is 1.70 bits per heavy atom. The maximum absolute atomic E-state index is 11.9. The summed E-state index contributed by atoms with van der Waals surface area (Å²) in [6.07, 6.45) is 2.28. The van der Waals surface area contributed by atoms with E-state index in [4.69, 9.17) is 0 Å². The molecular weight excluding hydrogens is 133 g/mol. The van der Waals surface area contributed by atoms with Crippen molar-refractivity contribution in [2.24, 2.45) is 0 Å². The minimum Gasteiger partial charge on any atom is -0.350 e. The first-order chi connectivity index (χ1) is 4.68. The Labute approximate surface area is 59.4 Å². The molecule has 56 valence electrons. The van der Waals surface area contributed by atoms with E-state index in [2.05, 4.69) is 18.5 Å². The first-order valence-electron chi connectivity index (χ1n) is 2.92. The van der Waals surface area contributed by atoms with Crippen LogP contribution in [0.5, 0.6) is 0 Å². The maximum Gasteiger partial charge on any atom is 0.279 e. The van der Waals surface area contributed by atoms with Crippen molar-refractivity contribution >= 4 is 5.91 Å². The van der Waals surface area contributed by atoms with Gasteiger partial charge in [-0.2, -0.15) is 0 Å². The SMILES string of the molecule is C=CCCNC(=O)C(=C)F. The third-order valence-electron chi connectivity index (χ3n) is 0.880. The summed E-state index contributed by atoms with van der Waals surface area (Å²) in [5.41, 5.74) is 0. The Kier molecular flexibility index (Phi) is 4.20. The van der Waals surface area contributed by atoms with Gasteiger partial charge in [0.05, 0.1) is 0 Å². The van der Waals surface area contributed by atoms with Crippen molar-refractivity contribution in [1.82, 2.24) is 5.32 Å². The van der Waals surface area contributed by atoms with Gasteiger partial charge in [0, 0.05) is 6.54 Å². The predicted octanol–water partition coefficient (Wildman–Crippen LogP) is 1.16. The third-order valence-corrected chi connectivity index (χ3v) is 0.880. The molecule has 1 amide bonds. The Bertz CT molecular complexity index is 154. The topological polar surface area (TPSA) is 29.1 Å². The van der Waals surface area contributed by atoms with Crippen LogP contribution in [-0.2, 0) is 4.79 Å². The second-order valence-electron chi connectivity index (χ2n) is 1.74. The van der Waals surface area contributed by atoms with E-state index >= 15 is 0 Å². The van der Waals surface area contributed by atoms with Gasteiger partial charge in [0.2, 0.25) is 0 Å². The average Bonchev–Trinajstić information content (AvgIpc) is 1.88.